The van der Waals surface area contributed by atoms with Gasteiger partial charge in [0.1, 0.15) is 11.5 Å². The first-order chi connectivity index (χ1) is 12.7. The van der Waals surface area contributed by atoms with Crippen LogP contribution >= 0.6 is 0 Å². The largest absolute Gasteiger partial charge is 0.497 e. The fourth-order valence-corrected chi connectivity index (χ4v) is 3.22. The zero-order chi connectivity index (χ0) is 20.0. The van der Waals surface area contributed by atoms with Gasteiger partial charge in [0.25, 0.3) is 5.91 Å². The number of benzene rings is 2. The highest BCUT2D eigenvalue weighted by Gasteiger charge is 2.20. The highest BCUT2D eigenvalue weighted by Crippen LogP contribution is 2.22. The van der Waals surface area contributed by atoms with Gasteiger partial charge in [0, 0.05) is 12.3 Å². The number of amides is 1. The Morgan fingerprint density at radius 2 is 1.74 bits per heavy atom. The molecule has 2 aromatic carbocycles. The Bertz CT molecular complexity index is 878. The number of hydrogen-bond acceptors (Lipinski definition) is 5. The Morgan fingerprint density at radius 3 is 2.30 bits per heavy atom. The molecule has 1 N–H and O–H groups in total. The third-order valence-electron chi connectivity index (χ3n) is 4.16. The van der Waals surface area contributed by atoms with Crippen LogP contribution < -0.4 is 14.8 Å². The topological polar surface area (TPSA) is 81.7 Å². The SMILES string of the molecule is CCC(NC(=O)C(C)Oc1cccc(OC)c1)c1ccc(S(C)(=O)=O)cc1. The quantitative estimate of drug-likeness (QED) is 0.748. The van der Waals surface area contributed by atoms with E-state index < -0.39 is 15.9 Å². The summed E-state index contributed by atoms with van der Waals surface area (Å²) in [6.07, 6.45) is 1.13. The molecule has 2 atom stereocenters. The summed E-state index contributed by atoms with van der Waals surface area (Å²) in [5.74, 6) is 0.942. The van der Waals surface area contributed by atoms with Gasteiger partial charge in [0.15, 0.2) is 15.9 Å². The third kappa shape index (κ3) is 5.72. The molecule has 1 amide bonds. The van der Waals surface area contributed by atoms with Crippen LogP contribution in [0.3, 0.4) is 0 Å². The van der Waals surface area contributed by atoms with Gasteiger partial charge in [-0.2, -0.15) is 0 Å². The molecule has 0 aromatic heterocycles. The molecule has 0 spiro atoms. The summed E-state index contributed by atoms with van der Waals surface area (Å²) >= 11 is 0. The number of methoxy groups -OCH3 is 1. The molecule has 0 saturated carbocycles. The van der Waals surface area contributed by atoms with Gasteiger partial charge in [-0.05, 0) is 43.2 Å². The average Bonchev–Trinajstić information content (AvgIpc) is 2.65. The molecule has 0 radical (unpaired) electrons. The van der Waals surface area contributed by atoms with Gasteiger partial charge < -0.3 is 14.8 Å². The van der Waals surface area contributed by atoms with Crippen LogP contribution in [0.5, 0.6) is 11.5 Å². The predicted molar refractivity (Wildman–Crippen MR) is 104 cm³/mol. The van der Waals surface area contributed by atoms with Crippen molar-refractivity contribution in [2.75, 3.05) is 13.4 Å². The smallest absolute Gasteiger partial charge is 0.261 e. The lowest BCUT2D eigenvalue weighted by Crippen LogP contribution is -2.38. The molecule has 0 aliphatic heterocycles. The van der Waals surface area contributed by atoms with Crippen LogP contribution in [0.25, 0.3) is 0 Å². The molecule has 0 fully saturated rings. The Morgan fingerprint density at radius 1 is 1.11 bits per heavy atom. The van der Waals surface area contributed by atoms with E-state index in [4.69, 9.17) is 9.47 Å². The minimum absolute atomic E-state index is 0.234. The molecular weight excluding hydrogens is 366 g/mol. The average molecular weight is 391 g/mol. The lowest BCUT2D eigenvalue weighted by atomic mass is 10.0. The van der Waals surface area contributed by atoms with Crippen LogP contribution in [0.1, 0.15) is 31.9 Å². The zero-order valence-electron chi connectivity index (χ0n) is 15.9. The van der Waals surface area contributed by atoms with Gasteiger partial charge in [-0.1, -0.05) is 25.1 Å². The van der Waals surface area contributed by atoms with E-state index in [0.717, 1.165) is 5.56 Å². The summed E-state index contributed by atoms with van der Waals surface area (Å²) in [7, 11) is -1.68. The van der Waals surface area contributed by atoms with E-state index in [0.29, 0.717) is 17.9 Å². The van der Waals surface area contributed by atoms with Crippen LogP contribution in [0, 0.1) is 0 Å². The Kier molecular flexibility index (Phi) is 6.85. The summed E-state index contributed by atoms with van der Waals surface area (Å²) in [6.45, 7) is 3.62. The van der Waals surface area contributed by atoms with Crippen LogP contribution in [-0.4, -0.2) is 33.8 Å². The minimum atomic E-state index is -3.25. The maximum absolute atomic E-state index is 12.5. The molecule has 0 heterocycles. The maximum Gasteiger partial charge on any atom is 0.261 e. The number of ether oxygens (including phenoxy) is 2. The number of hydrogen-bond donors (Lipinski definition) is 1. The minimum Gasteiger partial charge on any atom is -0.497 e. The van der Waals surface area contributed by atoms with E-state index in [2.05, 4.69) is 5.32 Å². The molecule has 2 rings (SSSR count). The lowest BCUT2D eigenvalue weighted by molar-refractivity contribution is -0.128. The van der Waals surface area contributed by atoms with Crippen LogP contribution in [-0.2, 0) is 14.6 Å². The molecule has 146 valence electrons. The van der Waals surface area contributed by atoms with Crippen molar-refractivity contribution >= 4 is 15.7 Å². The van der Waals surface area contributed by atoms with Gasteiger partial charge in [-0.3, -0.25) is 4.79 Å². The first kappa shape index (κ1) is 20.8. The Balaban J connectivity index is 2.05. The van der Waals surface area contributed by atoms with Gasteiger partial charge in [-0.25, -0.2) is 8.42 Å². The van der Waals surface area contributed by atoms with E-state index in [-0.39, 0.29) is 16.8 Å². The fourth-order valence-electron chi connectivity index (χ4n) is 2.59. The van der Waals surface area contributed by atoms with Crippen molar-refractivity contribution in [1.29, 1.82) is 0 Å². The third-order valence-corrected chi connectivity index (χ3v) is 5.29. The molecule has 0 aliphatic carbocycles. The van der Waals surface area contributed by atoms with Crippen molar-refractivity contribution in [3.05, 3.63) is 54.1 Å². The summed E-state index contributed by atoms with van der Waals surface area (Å²) in [4.78, 5) is 12.8. The number of carbonyl (C=O) groups is 1. The van der Waals surface area contributed by atoms with Crippen molar-refractivity contribution < 1.29 is 22.7 Å². The van der Waals surface area contributed by atoms with E-state index in [1.807, 2.05) is 6.92 Å². The fraction of sp³-hybridized carbons (Fsp3) is 0.350. The van der Waals surface area contributed by atoms with Crippen molar-refractivity contribution in [2.24, 2.45) is 0 Å². The van der Waals surface area contributed by atoms with Crippen molar-refractivity contribution in [1.82, 2.24) is 5.32 Å². The van der Waals surface area contributed by atoms with E-state index >= 15 is 0 Å². The molecule has 7 heteroatoms. The Labute approximate surface area is 160 Å². The van der Waals surface area contributed by atoms with E-state index in [1.54, 1.807) is 62.6 Å². The van der Waals surface area contributed by atoms with Gasteiger partial charge >= 0.3 is 0 Å². The first-order valence-electron chi connectivity index (χ1n) is 8.65. The lowest BCUT2D eigenvalue weighted by Gasteiger charge is -2.21. The number of carbonyl (C=O) groups excluding carboxylic acids is 1. The van der Waals surface area contributed by atoms with E-state index in [9.17, 15) is 13.2 Å². The highest BCUT2D eigenvalue weighted by molar-refractivity contribution is 7.90. The summed E-state index contributed by atoms with van der Waals surface area (Å²) < 4.78 is 34.0. The monoisotopic (exact) mass is 391 g/mol. The maximum atomic E-state index is 12.5. The summed E-state index contributed by atoms with van der Waals surface area (Å²) in [6, 6.07) is 13.4. The van der Waals surface area contributed by atoms with Gasteiger partial charge in [-0.15, -0.1) is 0 Å². The second kappa shape index (κ2) is 8.90. The summed E-state index contributed by atoms with van der Waals surface area (Å²) in [5, 5.41) is 2.95. The second-order valence-electron chi connectivity index (χ2n) is 6.25. The summed E-state index contributed by atoms with van der Waals surface area (Å²) in [5.41, 5.74) is 0.840. The number of sulfone groups is 1. The number of rotatable bonds is 8. The molecule has 2 unspecified atom stereocenters. The standard InChI is InChI=1S/C20H25NO5S/c1-5-19(15-9-11-18(12-10-15)27(4,23)24)21-20(22)14(2)26-17-8-6-7-16(13-17)25-3/h6-14,19H,5H2,1-4H3,(H,21,22). The van der Waals surface area contributed by atoms with Gasteiger partial charge in [0.2, 0.25) is 0 Å². The van der Waals surface area contributed by atoms with Crippen LogP contribution in [0.4, 0.5) is 0 Å². The molecular formula is C20H25NO5S. The zero-order valence-corrected chi connectivity index (χ0v) is 16.7. The molecule has 0 bridgehead atoms. The Hall–Kier alpha value is -2.54. The van der Waals surface area contributed by atoms with Gasteiger partial charge in [0.05, 0.1) is 18.0 Å². The second-order valence-corrected chi connectivity index (χ2v) is 8.27. The molecule has 0 saturated heterocycles. The highest BCUT2D eigenvalue weighted by atomic mass is 32.2. The van der Waals surface area contributed by atoms with Crippen molar-refractivity contribution in [3.8, 4) is 11.5 Å². The normalized spacial score (nSPS) is 13.5. The molecule has 6 nitrogen and oxygen atoms in total. The first-order valence-corrected chi connectivity index (χ1v) is 10.5. The number of nitrogens with one attached hydrogen (secondary N) is 1. The molecule has 2 aromatic rings. The molecule has 27 heavy (non-hydrogen) atoms. The van der Waals surface area contributed by atoms with E-state index in [1.165, 1.54) is 6.26 Å². The van der Waals surface area contributed by atoms with Crippen molar-refractivity contribution in [3.63, 3.8) is 0 Å². The van der Waals surface area contributed by atoms with Crippen LogP contribution in [0.2, 0.25) is 0 Å². The van der Waals surface area contributed by atoms with Crippen LogP contribution in [0.15, 0.2) is 53.4 Å². The predicted octanol–water partition coefficient (Wildman–Crippen LogP) is 3.13. The van der Waals surface area contributed by atoms with Crippen molar-refractivity contribution in [2.45, 2.75) is 37.3 Å². The molecule has 0 aliphatic rings.